The lowest BCUT2D eigenvalue weighted by Crippen LogP contribution is -2.54. The standard InChI is InChI=1S/C16H22N4O4S.ClH/c1-11-9-18-5-6-19(11)16(22)12-7-15(21)20(10-12)13-3-2-4-14(8-13)25(17,23)24;/h2-4,8,11-12,18H,5-7,9-10H2,1H3,(H2,17,23,24);1H/t11-,12?;/m1./s1. The van der Waals surface area contributed by atoms with E-state index in [1.165, 1.54) is 23.1 Å². The van der Waals surface area contributed by atoms with Gasteiger partial charge in [-0.05, 0) is 25.1 Å². The first-order chi connectivity index (χ1) is 11.8. The maximum atomic E-state index is 12.8. The van der Waals surface area contributed by atoms with Crippen molar-refractivity contribution < 1.29 is 18.0 Å². The third-order valence-corrected chi connectivity index (χ3v) is 5.63. The zero-order valence-corrected chi connectivity index (χ0v) is 16.1. The molecule has 0 radical (unpaired) electrons. The summed E-state index contributed by atoms with van der Waals surface area (Å²) in [5, 5.41) is 8.38. The van der Waals surface area contributed by atoms with Crippen LogP contribution in [0.5, 0.6) is 0 Å². The van der Waals surface area contributed by atoms with Crippen LogP contribution in [-0.2, 0) is 19.6 Å². The van der Waals surface area contributed by atoms with E-state index in [0.717, 1.165) is 13.1 Å². The number of amides is 2. The monoisotopic (exact) mass is 402 g/mol. The quantitative estimate of drug-likeness (QED) is 0.734. The predicted octanol–water partition coefficient (Wildman–Crippen LogP) is -0.0710. The summed E-state index contributed by atoms with van der Waals surface area (Å²) >= 11 is 0. The van der Waals surface area contributed by atoms with Crippen LogP contribution in [-0.4, -0.2) is 57.4 Å². The predicted molar refractivity (Wildman–Crippen MR) is 99.6 cm³/mol. The average Bonchev–Trinajstić information content (AvgIpc) is 2.96. The van der Waals surface area contributed by atoms with Gasteiger partial charge in [-0.15, -0.1) is 12.4 Å². The lowest BCUT2D eigenvalue weighted by molar-refractivity contribution is -0.138. The van der Waals surface area contributed by atoms with Crippen LogP contribution in [0.15, 0.2) is 29.2 Å². The fourth-order valence-electron chi connectivity index (χ4n) is 3.35. The molecule has 2 fully saturated rings. The Morgan fingerprint density at radius 2 is 2.08 bits per heavy atom. The van der Waals surface area contributed by atoms with Crippen LogP contribution in [0.4, 0.5) is 5.69 Å². The van der Waals surface area contributed by atoms with Crippen LogP contribution in [0.1, 0.15) is 13.3 Å². The molecule has 1 aromatic carbocycles. The van der Waals surface area contributed by atoms with Crippen molar-refractivity contribution in [1.82, 2.24) is 10.2 Å². The van der Waals surface area contributed by atoms with Gasteiger partial charge in [0.05, 0.1) is 10.8 Å². The molecule has 26 heavy (non-hydrogen) atoms. The highest BCUT2D eigenvalue weighted by Crippen LogP contribution is 2.28. The Hall–Kier alpha value is -1.68. The van der Waals surface area contributed by atoms with E-state index in [0.29, 0.717) is 12.2 Å². The molecule has 0 aliphatic carbocycles. The summed E-state index contributed by atoms with van der Waals surface area (Å²) in [5.41, 5.74) is 0.445. The molecule has 8 nitrogen and oxygen atoms in total. The van der Waals surface area contributed by atoms with Crippen LogP contribution < -0.4 is 15.4 Å². The van der Waals surface area contributed by atoms with Gasteiger partial charge < -0.3 is 15.1 Å². The van der Waals surface area contributed by atoms with Gasteiger partial charge in [-0.3, -0.25) is 9.59 Å². The SMILES string of the molecule is C[C@@H]1CNCCN1C(=O)C1CC(=O)N(c2cccc(S(N)(=O)=O)c2)C1.Cl. The van der Waals surface area contributed by atoms with E-state index in [-0.39, 0.29) is 48.1 Å². The highest BCUT2D eigenvalue weighted by Gasteiger charge is 2.38. The molecule has 0 bridgehead atoms. The summed E-state index contributed by atoms with van der Waals surface area (Å²) in [6, 6.07) is 6.02. The maximum absolute atomic E-state index is 12.8. The van der Waals surface area contributed by atoms with E-state index in [9.17, 15) is 18.0 Å². The molecule has 3 N–H and O–H groups in total. The number of anilines is 1. The molecule has 2 aliphatic rings. The number of piperazine rings is 1. The minimum absolute atomic E-state index is 0. The molecule has 0 spiro atoms. The molecule has 2 amide bonds. The Morgan fingerprint density at radius 1 is 1.35 bits per heavy atom. The number of nitrogens with two attached hydrogens (primary N) is 1. The number of hydrogen-bond acceptors (Lipinski definition) is 5. The highest BCUT2D eigenvalue weighted by atomic mass is 35.5. The van der Waals surface area contributed by atoms with Gasteiger partial charge >= 0.3 is 0 Å². The minimum atomic E-state index is -3.85. The summed E-state index contributed by atoms with van der Waals surface area (Å²) in [6.45, 7) is 4.35. The zero-order valence-electron chi connectivity index (χ0n) is 14.4. The van der Waals surface area contributed by atoms with Gasteiger partial charge in [0.15, 0.2) is 0 Å². The number of nitrogens with zero attached hydrogens (tertiary/aromatic N) is 2. The van der Waals surface area contributed by atoms with E-state index < -0.39 is 15.9 Å². The number of carbonyl (C=O) groups is 2. The molecule has 0 saturated carbocycles. The van der Waals surface area contributed by atoms with Crippen LogP contribution in [0.25, 0.3) is 0 Å². The Morgan fingerprint density at radius 3 is 2.73 bits per heavy atom. The van der Waals surface area contributed by atoms with Gasteiger partial charge in [0.2, 0.25) is 21.8 Å². The second-order valence-electron chi connectivity index (χ2n) is 6.53. The minimum Gasteiger partial charge on any atom is -0.337 e. The molecule has 2 aliphatic heterocycles. The van der Waals surface area contributed by atoms with E-state index in [1.54, 1.807) is 6.07 Å². The normalized spacial score (nSPS) is 23.7. The van der Waals surface area contributed by atoms with Crippen LogP contribution >= 0.6 is 12.4 Å². The molecule has 2 saturated heterocycles. The topological polar surface area (TPSA) is 113 Å². The molecule has 2 heterocycles. The van der Waals surface area contributed by atoms with Gasteiger partial charge in [-0.1, -0.05) is 6.07 Å². The second-order valence-corrected chi connectivity index (χ2v) is 8.09. The lowest BCUT2D eigenvalue weighted by Gasteiger charge is -2.35. The zero-order chi connectivity index (χ0) is 18.2. The van der Waals surface area contributed by atoms with Crippen molar-refractivity contribution in [3.05, 3.63) is 24.3 Å². The Kier molecular flexibility index (Phi) is 6.28. The summed E-state index contributed by atoms with van der Waals surface area (Å²) < 4.78 is 23.0. The van der Waals surface area contributed by atoms with Crippen LogP contribution in [0.2, 0.25) is 0 Å². The van der Waals surface area contributed by atoms with Gasteiger partial charge in [0, 0.05) is 44.3 Å². The second kappa shape index (κ2) is 7.91. The van der Waals surface area contributed by atoms with Crippen molar-refractivity contribution in [3.8, 4) is 0 Å². The summed E-state index contributed by atoms with van der Waals surface area (Å²) in [4.78, 5) is 28.4. The fourth-order valence-corrected chi connectivity index (χ4v) is 3.91. The van der Waals surface area contributed by atoms with Crippen molar-refractivity contribution in [2.24, 2.45) is 11.1 Å². The summed E-state index contributed by atoms with van der Waals surface area (Å²) in [7, 11) is -3.85. The number of hydrogen-bond donors (Lipinski definition) is 2. The average molecular weight is 403 g/mol. The van der Waals surface area contributed by atoms with E-state index in [4.69, 9.17) is 5.14 Å². The molecule has 2 atom stereocenters. The van der Waals surface area contributed by atoms with Gasteiger partial charge in [0.25, 0.3) is 0 Å². The van der Waals surface area contributed by atoms with E-state index in [1.807, 2.05) is 11.8 Å². The molecule has 1 aromatic rings. The summed E-state index contributed by atoms with van der Waals surface area (Å²) in [5.74, 6) is -0.619. The number of halogens is 1. The van der Waals surface area contributed by atoms with Crippen molar-refractivity contribution >= 4 is 39.9 Å². The van der Waals surface area contributed by atoms with Crippen LogP contribution in [0.3, 0.4) is 0 Å². The van der Waals surface area contributed by atoms with Crippen LogP contribution in [0, 0.1) is 5.92 Å². The Bertz CT molecular complexity index is 801. The molecular weight excluding hydrogens is 380 g/mol. The molecule has 0 aromatic heterocycles. The number of benzene rings is 1. The molecule has 1 unspecified atom stereocenters. The van der Waals surface area contributed by atoms with Crippen molar-refractivity contribution in [2.75, 3.05) is 31.1 Å². The summed E-state index contributed by atoms with van der Waals surface area (Å²) in [6.07, 6.45) is 0.134. The first kappa shape index (κ1) is 20.6. The fraction of sp³-hybridized carbons (Fsp3) is 0.500. The number of rotatable bonds is 3. The number of sulfonamides is 1. The van der Waals surface area contributed by atoms with Gasteiger partial charge in [-0.2, -0.15) is 0 Å². The molecule has 10 heteroatoms. The number of primary sulfonamides is 1. The largest absolute Gasteiger partial charge is 0.337 e. The lowest BCUT2D eigenvalue weighted by atomic mass is 10.1. The molecular formula is C16H23ClN4O4S. The third kappa shape index (κ3) is 4.17. The van der Waals surface area contributed by atoms with E-state index in [2.05, 4.69) is 5.32 Å². The highest BCUT2D eigenvalue weighted by molar-refractivity contribution is 7.89. The van der Waals surface area contributed by atoms with Crippen molar-refractivity contribution in [2.45, 2.75) is 24.3 Å². The van der Waals surface area contributed by atoms with Crippen molar-refractivity contribution in [3.63, 3.8) is 0 Å². The third-order valence-electron chi connectivity index (χ3n) is 4.72. The van der Waals surface area contributed by atoms with Gasteiger partial charge in [-0.25, -0.2) is 13.6 Å². The Labute approximate surface area is 159 Å². The van der Waals surface area contributed by atoms with E-state index >= 15 is 0 Å². The molecule has 3 rings (SSSR count). The smallest absolute Gasteiger partial charge is 0.238 e. The first-order valence-corrected chi connectivity index (χ1v) is 9.76. The Balaban J connectivity index is 0.00000243. The van der Waals surface area contributed by atoms with Crippen molar-refractivity contribution in [1.29, 1.82) is 0 Å². The number of nitrogens with one attached hydrogen (secondary N) is 1. The maximum Gasteiger partial charge on any atom is 0.238 e. The number of carbonyl (C=O) groups excluding carboxylic acids is 2. The molecule has 144 valence electrons. The first-order valence-electron chi connectivity index (χ1n) is 8.22. The van der Waals surface area contributed by atoms with Gasteiger partial charge in [0.1, 0.15) is 0 Å².